The third-order valence-corrected chi connectivity index (χ3v) is 6.84. The number of thiocarbonyl (C=S) groups is 1. The van der Waals surface area contributed by atoms with E-state index in [1.165, 1.54) is 0 Å². The summed E-state index contributed by atoms with van der Waals surface area (Å²) in [5.41, 5.74) is 3.36. The molecule has 9 heteroatoms. The van der Waals surface area contributed by atoms with Gasteiger partial charge in [0, 0.05) is 30.4 Å². The predicted octanol–water partition coefficient (Wildman–Crippen LogP) is 5.35. The van der Waals surface area contributed by atoms with Crippen molar-refractivity contribution < 1.29 is 19.1 Å². The molecule has 3 N–H and O–H groups in total. The van der Waals surface area contributed by atoms with E-state index < -0.39 is 5.97 Å². The van der Waals surface area contributed by atoms with Gasteiger partial charge in [0.15, 0.2) is 5.11 Å². The molecule has 1 aliphatic rings. The number of anilines is 1. The number of furan rings is 1. The number of aromatic carboxylic acids is 1. The topological polar surface area (TPSA) is 108 Å². The maximum absolute atomic E-state index is 12.7. The van der Waals surface area contributed by atoms with E-state index in [1.54, 1.807) is 24.4 Å². The zero-order chi connectivity index (χ0) is 26.6. The summed E-state index contributed by atoms with van der Waals surface area (Å²) >= 11 is 5.69. The smallest absolute Gasteiger partial charge is 0.335 e. The Balaban J connectivity index is 1.42. The van der Waals surface area contributed by atoms with Gasteiger partial charge in [0.2, 0.25) is 5.91 Å². The summed E-state index contributed by atoms with van der Waals surface area (Å²) < 4.78 is 6.35. The number of nitrogens with zero attached hydrogens (tertiary/aromatic N) is 2. The zero-order valence-corrected chi connectivity index (χ0v) is 21.4. The van der Waals surface area contributed by atoms with Crippen LogP contribution in [0.2, 0.25) is 0 Å². The van der Waals surface area contributed by atoms with Crippen LogP contribution in [0.25, 0.3) is 11.3 Å². The molecule has 4 aromatic rings. The molecule has 8 nitrogen and oxygen atoms in total. The van der Waals surface area contributed by atoms with Gasteiger partial charge in [-0.1, -0.05) is 30.3 Å². The average Bonchev–Trinajstić information content (AvgIpc) is 3.52. The number of rotatable bonds is 8. The minimum absolute atomic E-state index is 0.117. The van der Waals surface area contributed by atoms with E-state index in [0.29, 0.717) is 23.2 Å². The summed E-state index contributed by atoms with van der Waals surface area (Å²) in [6.45, 7) is 2.23. The molecule has 0 saturated carbocycles. The molecule has 0 bridgehead atoms. The van der Waals surface area contributed by atoms with Crippen molar-refractivity contribution in [1.82, 2.24) is 15.2 Å². The van der Waals surface area contributed by atoms with Crippen LogP contribution in [0.4, 0.5) is 5.69 Å². The van der Waals surface area contributed by atoms with Crippen molar-refractivity contribution >= 4 is 34.9 Å². The maximum Gasteiger partial charge on any atom is 0.335 e. The quantitative estimate of drug-likeness (QED) is 0.264. The number of para-hydroxylation sites is 1. The first-order valence-corrected chi connectivity index (χ1v) is 12.6. The number of nitrogens with one attached hydrogen (secondary N) is 2. The molecular weight excluding hydrogens is 500 g/mol. The van der Waals surface area contributed by atoms with E-state index in [2.05, 4.69) is 15.6 Å². The van der Waals surface area contributed by atoms with Crippen molar-refractivity contribution in [2.24, 2.45) is 0 Å². The van der Waals surface area contributed by atoms with Crippen molar-refractivity contribution in [3.05, 3.63) is 108 Å². The second-order valence-electron chi connectivity index (χ2n) is 9.02. The number of aryl methyl sites for hydroxylation is 1. The largest absolute Gasteiger partial charge is 0.478 e. The zero-order valence-electron chi connectivity index (χ0n) is 20.6. The number of hydrogen-bond acceptors (Lipinski definition) is 5. The molecule has 1 amide bonds. The maximum atomic E-state index is 12.7. The van der Waals surface area contributed by atoms with Crippen LogP contribution in [0.5, 0.6) is 0 Å². The first kappa shape index (κ1) is 25.2. The number of carboxylic acids is 1. The molecule has 0 spiro atoms. The standard InChI is InChI=1S/C29H26N4O4S/c1-18-17-19(28(35)36)10-11-21(18)23-12-13-24(37-23)27-26(22-9-5-6-15-30-22)32-29(38)33(27)16-14-25(34)31-20-7-3-2-4-8-20/h2-13,15,17,26-27H,14,16H2,1H3,(H,31,34)(H,32,38)(H,35,36)/t26-,27-/m1/s1. The van der Waals surface area contributed by atoms with Gasteiger partial charge in [0.05, 0.1) is 17.3 Å². The molecular formula is C29H26N4O4S. The summed E-state index contributed by atoms with van der Waals surface area (Å²) in [5, 5.41) is 16.1. The van der Waals surface area contributed by atoms with Gasteiger partial charge < -0.3 is 25.1 Å². The Kier molecular flexibility index (Phi) is 7.19. The van der Waals surface area contributed by atoms with Gasteiger partial charge in [0.25, 0.3) is 0 Å². The normalized spacial score (nSPS) is 16.8. The van der Waals surface area contributed by atoms with Crippen molar-refractivity contribution in [2.45, 2.75) is 25.4 Å². The summed E-state index contributed by atoms with van der Waals surface area (Å²) in [5.74, 6) is 0.186. The molecule has 2 aromatic heterocycles. The lowest BCUT2D eigenvalue weighted by Crippen LogP contribution is -2.32. The molecule has 1 aliphatic heterocycles. The molecule has 0 radical (unpaired) electrons. The van der Waals surface area contributed by atoms with Gasteiger partial charge in [-0.25, -0.2) is 4.79 Å². The van der Waals surface area contributed by atoms with Crippen molar-refractivity contribution in [1.29, 1.82) is 0 Å². The highest BCUT2D eigenvalue weighted by atomic mass is 32.1. The van der Waals surface area contributed by atoms with Gasteiger partial charge in [-0.05, 0) is 73.2 Å². The molecule has 38 heavy (non-hydrogen) atoms. The van der Waals surface area contributed by atoms with E-state index in [4.69, 9.17) is 16.6 Å². The number of pyridine rings is 1. The van der Waals surface area contributed by atoms with Crippen LogP contribution < -0.4 is 10.6 Å². The number of aromatic nitrogens is 1. The fraction of sp³-hybridized carbons (Fsp3) is 0.172. The predicted molar refractivity (Wildman–Crippen MR) is 148 cm³/mol. The van der Waals surface area contributed by atoms with Crippen LogP contribution in [-0.4, -0.2) is 38.5 Å². The molecule has 1 saturated heterocycles. The fourth-order valence-electron chi connectivity index (χ4n) is 4.65. The Bertz CT molecular complexity index is 1470. The summed E-state index contributed by atoms with van der Waals surface area (Å²) in [6, 6.07) is 23.1. The lowest BCUT2D eigenvalue weighted by molar-refractivity contribution is -0.116. The fourth-order valence-corrected chi connectivity index (χ4v) is 4.98. The Hall–Kier alpha value is -4.50. The summed E-state index contributed by atoms with van der Waals surface area (Å²) in [7, 11) is 0. The molecule has 0 aliphatic carbocycles. The average molecular weight is 527 g/mol. The monoisotopic (exact) mass is 526 g/mol. The van der Waals surface area contributed by atoms with E-state index >= 15 is 0 Å². The van der Waals surface area contributed by atoms with E-state index in [9.17, 15) is 14.7 Å². The van der Waals surface area contributed by atoms with Gasteiger partial charge in [-0.3, -0.25) is 9.78 Å². The van der Waals surface area contributed by atoms with Gasteiger partial charge >= 0.3 is 5.97 Å². The Labute approximate surface area is 225 Å². The molecule has 1 fully saturated rings. The van der Waals surface area contributed by atoms with Gasteiger partial charge in [-0.2, -0.15) is 0 Å². The van der Waals surface area contributed by atoms with Crippen LogP contribution in [0.1, 0.15) is 45.9 Å². The molecule has 192 valence electrons. The van der Waals surface area contributed by atoms with Gasteiger partial charge in [0.1, 0.15) is 17.6 Å². The van der Waals surface area contributed by atoms with Crippen LogP contribution in [0, 0.1) is 6.92 Å². The van der Waals surface area contributed by atoms with Crippen molar-refractivity contribution in [2.75, 3.05) is 11.9 Å². The van der Waals surface area contributed by atoms with Crippen LogP contribution in [0.3, 0.4) is 0 Å². The second kappa shape index (κ2) is 10.9. The lowest BCUT2D eigenvalue weighted by atomic mass is 10.0. The lowest BCUT2D eigenvalue weighted by Gasteiger charge is -2.25. The highest BCUT2D eigenvalue weighted by Crippen LogP contribution is 2.40. The number of benzene rings is 2. The summed E-state index contributed by atoms with van der Waals surface area (Å²) in [4.78, 5) is 30.5. The first-order chi connectivity index (χ1) is 18.4. The molecule has 5 rings (SSSR count). The van der Waals surface area contributed by atoms with Crippen LogP contribution >= 0.6 is 12.2 Å². The number of carbonyl (C=O) groups excluding carboxylic acids is 1. The Morgan fingerprint density at radius 1 is 1.08 bits per heavy atom. The minimum atomic E-state index is -0.976. The van der Waals surface area contributed by atoms with E-state index in [-0.39, 0.29) is 30.0 Å². The van der Waals surface area contributed by atoms with E-state index in [0.717, 1.165) is 22.5 Å². The molecule has 3 heterocycles. The van der Waals surface area contributed by atoms with Crippen molar-refractivity contribution in [3.8, 4) is 11.3 Å². The number of carboxylic acid groups (broad SMARTS) is 1. The number of amides is 1. The second-order valence-corrected chi connectivity index (χ2v) is 9.41. The third-order valence-electron chi connectivity index (χ3n) is 6.49. The van der Waals surface area contributed by atoms with Crippen molar-refractivity contribution in [3.63, 3.8) is 0 Å². The van der Waals surface area contributed by atoms with Crippen LogP contribution in [0.15, 0.2) is 89.5 Å². The van der Waals surface area contributed by atoms with Crippen LogP contribution in [-0.2, 0) is 4.79 Å². The van der Waals surface area contributed by atoms with E-state index in [1.807, 2.05) is 72.5 Å². The SMILES string of the molecule is Cc1cc(C(=O)O)ccc1-c1ccc([C@@H]2[C@@H](c3ccccn3)NC(=S)N2CCC(=O)Nc2ccccc2)o1. The third kappa shape index (κ3) is 5.28. The highest BCUT2D eigenvalue weighted by Gasteiger charge is 2.41. The molecule has 2 aromatic carbocycles. The number of hydrogen-bond donors (Lipinski definition) is 3. The number of carbonyl (C=O) groups is 2. The first-order valence-electron chi connectivity index (χ1n) is 12.2. The minimum Gasteiger partial charge on any atom is -0.478 e. The molecule has 0 unspecified atom stereocenters. The van der Waals surface area contributed by atoms with Gasteiger partial charge in [-0.15, -0.1) is 0 Å². The highest BCUT2D eigenvalue weighted by molar-refractivity contribution is 7.80. The summed E-state index contributed by atoms with van der Waals surface area (Å²) in [6.07, 6.45) is 1.96. The Morgan fingerprint density at radius 3 is 2.58 bits per heavy atom. The molecule has 2 atom stereocenters. The Morgan fingerprint density at radius 2 is 1.87 bits per heavy atom.